The molecule has 0 N–H and O–H groups in total. The Morgan fingerprint density at radius 3 is 2.50 bits per heavy atom. The van der Waals surface area contributed by atoms with E-state index in [-0.39, 0.29) is 11.1 Å². The van der Waals surface area contributed by atoms with E-state index < -0.39 is 15.5 Å². The number of hydrogen-bond acceptors (Lipinski definition) is 4. The van der Waals surface area contributed by atoms with Crippen molar-refractivity contribution in [3.63, 3.8) is 0 Å². The third-order valence-corrected chi connectivity index (χ3v) is 5.18. The van der Waals surface area contributed by atoms with Crippen molar-refractivity contribution in [2.45, 2.75) is 19.1 Å². The summed E-state index contributed by atoms with van der Waals surface area (Å²) in [6, 6.07) is 6.43. The number of aryl methyl sites for hydroxylation is 1. The molecule has 0 aliphatic carbocycles. The Bertz CT molecular complexity index is 704. The van der Waals surface area contributed by atoms with Gasteiger partial charge in [0, 0.05) is 18.1 Å². The van der Waals surface area contributed by atoms with E-state index in [0.717, 1.165) is 17.5 Å². The molecule has 20 heavy (non-hydrogen) atoms. The Morgan fingerprint density at radius 1 is 1.20 bits per heavy atom. The molecule has 0 saturated heterocycles. The van der Waals surface area contributed by atoms with Crippen LogP contribution in [0.3, 0.4) is 0 Å². The summed E-state index contributed by atoms with van der Waals surface area (Å²) in [5.74, 6) is -0.173. The van der Waals surface area contributed by atoms with Crippen molar-refractivity contribution in [3.05, 3.63) is 53.7 Å². The lowest BCUT2D eigenvalue weighted by atomic mass is 10.2. The van der Waals surface area contributed by atoms with Crippen LogP contribution in [-0.2, 0) is 9.73 Å². The van der Waals surface area contributed by atoms with Crippen LogP contribution in [0.2, 0.25) is 0 Å². The molecule has 6 heteroatoms. The maximum atomic E-state index is 12.8. The van der Waals surface area contributed by atoms with Gasteiger partial charge in [0.05, 0.1) is 21.2 Å². The monoisotopic (exact) mass is 293 g/mol. The Hall–Kier alpha value is -1.82. The Kier molecular flexibility index (Phi) is 4.13. The van der Waals surface area contributed by atoms with Gasteiger partial charge in [-0.3, -0.25) is 4.98 Å². The van der Waals surface area contributed by atoms with Crippen molar-refractivity contribution in [1.29, 1.82) is 0 Å². The third-order valence-electron chi connectivity index (χ3n) is 3.05. The van der Waals surface area contributed by atoms with Crippen molar-refractivity contribution >= 4 is 15.5 Å². The first kappa shape index (κ1) is 14.6. The molecule has 0 bridgehead atoms. The maximum absolute atomic E-state index is 12.8. The fourth-order valence-corrected chi connectivity index (χ4v) is 2.94. The molecular weight excluding hydrogens is 277 g/mol. The molecule has 2 rings (SSSR count). The average Bonchev–Trinajstić information content (AvgIpc) is 2.41. The zero-order valence-corrected chi connectivity index (χ0v) is 12.4. The number of pyridine rings is 2. The fourth-order valence-electron chi connectivity index (χ4n) is 1.66. The van der Waals surface area contributed by atoms with Crippen molar-refractivity contribution in [2.75, 3.05) is 6.26 Å². The SMILES string of the molecule is Cc1ccc(C(C)S(C)(=O)=Nc2ccc(F)cn2)cn1. The van der Waals surface area contributed by atoms with E-state index in [0.29, 0.717) is 0 Å². The minimum atomic E-state index is -2.54. The first-order valence-electron chi connectivity index (χ1n) is 6.13. The molecule has 2 heterocycles. The van der Waals surface area contributed by atoms with Crippen LogP contribution in [0.5, 0.6) is 0 Å². The van der Waals surface area contributed by atoms with Gasteiger partial charge >= 0.3 is 0 Å². The predicted molar refractivity (Wildman–Crippen MR) is 77.7 cm³/mol. The van der Waals surface area contributed by atoms with E-state index in [1.54, 1.807) is 12.5 Å². The molecular formula is C14H16FN3OS. The molecule has 2 aromatic rings. The number of nitrogens with zero attached hydrogens (tertiary/aromatic N) is 3. The molecule has 0 amide bonds. The van der Waals surface area contributed by atoms with Crippen LogP contribution >= 0.6 is 0 Å². The lowest BCUT2D eigenvalue weighted by Crippen LogP contribution is -2.08. The van der Waals surface area contributed by atoms with Crippen LogP contribution in [0.15, 0.2) is 41.0 Å². The summed E-state index contributed by atoms with van der Waals surface area (Å²) < 4.78 is 29.6. The second-order valence-corrected chi connectivity index (χ2v) is 7.27. The summed E-state index contributed by atoms with van der Waals surface area (Å²) in [6.07, 6.45) is 4.34. The summed E-state index contributed by atoms with van der Waals surface area (Å²) in [5, 5.41) is -0.289. The van der Waals surface area contributed by atoms with E-state index >= 15 is 0 Å². The fraction of sp³-hybridized carbons (Fsp3) is 0.286. The highest BCUT2D eigenvalue weighted by atomic mass is 32.2. The summed E-state index contributed by atoms with van der Waals surface area (Å²) in [5.41, 5.74) is 1.76. The van der Waals surface area contributed by atoms with Gasteiger partial charge in [0.15, 0.2) is 5.82 Å². The summed E-state index contributed by atoms with van der Waals surface area (Å²) >= 11 is 0. The molecule has 0 saturated carbocycles. The van der Waals surface area contributed by atoms with Gasteiger partial charge in [0.25, 0.3) is 0 Å². The molecule has 0 aliphatic heterocycles. The van der Waals surface area contributed by atoms with E-state index in [2.05, 4.69) is 14.3 Å². The largest absolute Gasteiger partial charge is 0.261 e. The second-order valence-electron chi connectivity index (χ2n) is 4.66. The van der Waals surface area contributed by atoms with E-state index in [9.17, 15) is 8.60 Å². The van der Waals surface area contributed by atoms with Crippen LogP contribution in [0.4, 0.5) is 10.2 Å². The van der Waals surface area contributed by atoms with Crippen molar-refractivity contribution < 1.29 is 8.60 Å². The Labute approximate surface area is 118 Å². The van der Waals surface area contributed by atoms with Crippen LogP contribution in [0, 0.1) is 12.7 Å². The van der Waals surface area contributed by atoms with Crippen LogP contribution in [0.25, 0.3) is 0 Å². The van der Waals surface area contributed by atoms with E-state index in [1.807, 2.05) is 26.0 Å². The highest BCUT2D eigenvalue weighted by molar-refractivity contribution is 7.93. The highest BCUT2D eigenvalue weighted by Crippen LogP contribution is 2.25. The van der Waals surface area contributed by atoms with Gasteiger partial charge in [-0.1, -0.05) is 6.07 Å². The first-order chi connectivity index (χ1) is 9.38. The average molecular weight is 293 g/mol. The van der Waals surface area contributed by atoms with E-state index in [4.69, 9.17) is 0 Å². The molecule has 0 spiro atoms. The molecule has 0 aromatic carbocycles. The Balaban J connectivity index is 2.36. The normalized spacial score (nSPS) is 15.4. The molecule has 2 unspecified atom stereocenters. The third kappa shape index (κ3) is 3.39. The van der Waals surface area contributed by atoms with Gasteiger partial charge in [-0.25, -0.2) is 13.6 Å². The number of aromatic nitrogens is 2. The Morgan fingerprint density at radius 2 is 1.95 bits per heavy atom. The van der Waals surface area contributed by atoms with Gasteiger partial charge in [-0.15, -0.1) is 0 Å². The molecule has 2 aromatic heterocycles. The van der Waals surface area contributed by atoms with Crippen molar-refractivity contribution in [2.24, 2.45) is 4.36 Å². The van der Waals surface area contributed by atoms with Gasteiger partial charge in [0.2, 0.25) is 0 Å². The highest BCUT2D eigenvalue weighted by Gasteiger charge is 2.16. The van der Waals surface area contributed by atoms with Gasteiger partial charge in [-0.2, -0.15) is 4.36 Å². The van der Waals surface area contributed by atoms with E-state index in [1.165, 1.54) is 12.1 Å². The minimum absolute atomic E-state index is 0.269. The number of rotatable bonds is 3. The summed E-state index contributed by atoms with van der Waals surface area (Å²) in [7, 11) is -2.54. The maximum Gasteiger partial charge on any atom is 0.161 e. The molecule has 2 atom stereocenters. The zero-order chi connectivity index (χ0) is 14.8. The summed E-state index contributed by atoms with van der Waals surface area (Å²) in [4.78, 5) is 8.02. The molecule has 4 nitrogen and oxygen atoms in total. The van der Waals surface area contributed by atoms with Gasteiger partial charge in [-0.05, 0) is 37.6 Å². The lowest BCUT2D eigenvalue weighted by Gasteiger charge is -2.13. The molecule has 0 radical (unpaired) electrons. The van der Waals surface area contributed by atoms with Crippen LogP contribution in [0.1, 0.15) is 23.4 Å². The first-order valence-corrected chi connectivity index (χ1v) is 8.12. The lowest BCUT2D eigenvalue weighted by molar-refractivity contribution is 0.621. The second kappa shape index (κ2) is 5.66. The minimum Gasteiger partial charge on any atom is -0.261 e. The zero-order valence-electron chi connectivity index (χ0n) is 11.6. The quantitative estimate of drug-likeness (QED) is 0.871. The van der Waals surface area contributed by atoms with Crippen LogP contribution < -0.4 is 0 Å². The topological polar surface area (TPSA) is 55.2 Å². The molecule has 0 aliphatic rings. The summed E-state index contributed by atoms with van der Waals surface area (Å²) in [6.45, 7) is 3.73. The molecule has 106 valence electrons. The molecule has 0 fully saturated rings. The predicted octanol–water partition coefficient (Wildman–Crippen LogP) is 3.41. The smallest absolute Gasteiger partial charge is 0.161 e. The van der Waals surface area contributed by atoms with Gasteiger partial charge in [0.1, 0.15) is 5.82 Å². The number of hydrogen-bond donors (Lipinski definition) is 0. The van der Waals surface area contributed by atoms with Crippen LogP contribution in [-0.4, -0.2) is 20.4 Å². The van der Waals surface area contributed by atoms with Gasteiger partial charge < -0.3 is 0 Å². The van der Waals surface area contributed by atoms with Crippen molar-refractivity contribution in [1.82, 2.24) is 9.97 Å². The number of halogens is 1. The standard InChI is InChI=1S/C14H16FN3OS/c1-10-4-5-12(8-16-10)11(2)20(3,19)18-14-7-6-13(15)9-17-14/h4-9,11H,1-3H3. The van der Waals surface area contributed by atoms with Crippen molar-refractivity contribution in [3.8, 4) is 0 Å².